The number of piperazine rings is 1. The third-order valence-electron chi connectivity index (χ3n) is 3.31. The summed E-state index contributed by atoms with van der Waals surface area (Å²) in [5.41, 5.74) is 1.22. The number of rotatable bonds is 4. The normalized spacial score (nSPS) is 16.1. The summed E-state index contributed by atoms with van der Waals surface area (Å²) in [6, 6.07) is 10.3. The Labute approximate surface area is 131 Å². The van der Waals surface area contributed by atoms with E-state index in [9.17, 15) is 4.79 Å². The summed E-state index contributed by atoms with van der Waals surface area (Å²) in [6.45, 7) is 4.33. The van der Waals surface area contributed by atoms with Crippen LogP contribution in [0.1, 0.15) is 5.56 Å². The number of alkyl halides is 1. The van der Waals surface area contributed by atoms with E-state index >= 15 is 0 Å². The van der Waals surface area contributed by atoms with Gasteiger partial charge in [0.2, 0.25) is 5.91 Å². The first-order valence-electron chi connectivity index (χ1n) is 6.57. The molecule has 1 aliphatic heterocycles. The zero-order chi connectivity index (χ0) is 13.5. The molecule has 110 valence electrons. The lowest BCUT2D eigenvalue weighted by molar-refractivity contribution is -0.130. The second-order valence-electron chi connectivity index (χ2n) is 4.63. The van der Waals surface area contributed by atoms with Gasteiger partial charge in [0.15, 0.2) is 0 Å². The summed E-state index contributed by atoms with van der Waals surface area (Å²) < 4.78 is 0. The smallest absolute Gasteiger partial charge is 0.237 e. The number of carbonyl (C=O) groups excluding carboxylic acids is 1. The number of benzene rings is 1. The molecule has 2 rings (SSSR count). The zero-order valence-electron chi connectivity index (χ0n) is 11.4. The standard InChI is InChI=1S/C15H19ClN2O.ClH/c16-13-15(19)18-11-9-17(10-12-18)8-4-7-14-5-2-1-3-6-14;/h1-7H,8-13H2;1H/b7-4+;. The predicted octanol–water partition coefficient (Wildman–Crippen LogP) is 2.50. The van der Waals surface area contributed by atoms with Crippen molar-refractivity contribution < 1.29 is 4.79 Å². The molecule has 0 atom stereocenters. The molecule has 1 amide bonds. The van der Waals surface area contributed by atoms with Crippen molar-refractivity contribution in [1.29, 1.82) is 0 Å². The van der Waals surface area contributed by atoms with Crippen LogP contribution in [-0.2, 0) is 4.79 Å². The van der Waals surface area contributed by atoms with Gasteiger partial charge in [-0.05, 0) is 5.56 Å². The van der Waals surface area contributed by atoms with Crippen LogP contribution in [0.3, 0.4) is 0 Å². The Kier molecular flexibility index (Phi) is 7.67. The van der Waals surface area contributed by atoms with Gasteiger partial charge in [-0.15, -0.1) is 24.0 Å². The van der Waals surface area contributed by atoms with E-state index < -0.39 is 0 Å². The van der Waals surface area contributed by atoms with Crippen molar-refractivity contribution in [2.45, 2.75) is 0 Å². The minimum atomic E-state index is 0. The third kappa shape index (κ3) is 5.16. The maximum absolute atomic E-state index is 11.4. The van der Waals surface area contributed by atoms with Crippen LogP contribution in [0.15, 0.2) is 36.4 Å². The minimum Gasteiger partial charge on any atom is -0.339 e. The lowest BCUT2D eigenvalue weighted by atomic mass is 10.2. The fourth-order valence-electron chi connectivity index (χ4n) is 2.17. The van der Waals surface area contributed by atoms with Crippen molar-refractivity contribution >= 4 is 36.0 Å². The largest absolute Gasteiger partial charge is 0.339 e. The van der Waals surface area contributed by atoms with Gasteiger partial charge in [-0.2, -0.15) is 0 Å². The number of hydrogen-bond acceptors (Lipinski definition) is 2. The molecule has 1 saturated heterocycles. The molecule has 0 aromatic heterocycles. The van der Waals surface area contributed by atoms with Crippen LogP contribution in [0.4, 0.5) is 0 Å². The highest BCUT2D eigenvalue weighted by Crippen LogP contribution is 2.05. The highest BCUT2D eigenvalue weighted by Gasteiger charge is 2.19. The van der Waals surface area contributed by atoms with Crippen LogP contribution in [0.2, 0.25) is 0 Å². The SMILES string of the molecule is Cl.O=C(CCl)N1CCN(C/C=C/c2ccccc2)CC1. The Balaban J connectivity index is 0.00000200. The molecular weight excluding hydrogens is 295 g/mol. The second-order valence-corrected chi connectivity index (χ2v) is 4.90. The Morgan fingerprint density at radius 3 is 2.40 bits per heavy atom. The summed E-state index contributed by atoms with van der Waals surface area (Å²) in [7, 11) is 0. The van der Waals surface area contributed by atoms with Crippen molar-refractivity contribution in [3.05, 3.63) is 42.0 Å². The molecule has 1 fully saturated rings. The fourth-order valence-corrected chi connectivity index (χ4v) is 2.34. The zero-order valence-corrected chi connectivity index (χ0v) is 12.9. The molecule has 3 nitrogen and oxygen atoms in total. The van der Waals surface area contributed by atoms with Crippen LogP contribution < -0.4 is 0 Å². The molecular formula is C15H20Cl2N2O. The number of halogens is 2. The number of hydrogen-bond donors (Lipinski definition) is 0. The van der Waals surface area contributed by atoms with Gasteiger partial charge in [-0.25, -0.2) is 0 Å². The average molecular weight is 315 g/mol. The quantitative estimate of drug-likeness (QED) is 0.797. The molecule has 0 bridgehead atoms. The molecule has 5 heteroatoms. The summed E-state index contributed by atoms with van der Waals surface area (Å²) in [6.07, 6.45) is 4.31. The van der Waals surface area contributed by atoms with Crippen molar-refractivity contribution in [2.24, 2.45) is 0 Å². The Hall–Kier alpha value is -1.03. The lowest BCUT2D eigenvalue weighted by Gasteiger charge is -2.33. The number of nitrogens with zero attached hydrogens (tertiary/aromatic N) is 2. The average Bonchev–Trinajstić information content (AvgIpc) is 2.48. The molecule has 20 heavy (non-hydrogen) atoms. The topological polar surface area (TPSA) is 23.6 Å². The van der Waals surface area contributed by atoms with Crippen molar-refractivity contribution in [3.8, 4) is 0 Å². The van der Waals surface area contributed by atoms with Gasteiger partial charge in [-0.3, -0.25) is 9.69 Å². The molecule has 0 radical (unpaired) electrons. The summed E-state index contributed by atoms with van der Waals surface area (Å²) >= 11 is 5.56. The Morgan fingerprint density at radius 1 is 1.15 bits per heavy atom. The fraction of sp³-hybridized carbons (Fsp3) is 0.400. The van der Waals surface area contributed by atoms with Gasteiger partial charge < -0.3 is 4.90 Å². The highest BCUT2D eigenvalue weighted by molar-refractivity contribution is 6.27. The van der Waals surface area contributed by atoms with E-state index in [0.29, 0.717) is 0 Å². The van der Waals surface area contributed by atoms with E-state index in [1.165, 1.54) is 5.56 Å². The maximum atomic E-state index is 11.4. The van der Waals surface area contributed by atoms with E-state index in [-0.39, 0.29) is 24.2 Å². The first kappa shape index (κ1) is 17.0. The molecule has 0 spiro atoms. The van der Waals surface area contributed by atoms with Gasteiger partial charge in [0.25, 0.3) is 0 Å². The number of carbonyl (C=O) groups is 1. The summed E-state index contributed by atoms with van der Waals surface area (Å²) in [5.74, 6) is 0.134. The van der Waals surface area contributed by atoms with Gasteiger partial charge in [0.05, 0.1) is 0 Å². The third-order valence-corrected chi connectivity index (χ3v) is 3.54. The van der Waals surface area contributed by atoms with E-state index in [1.807, 2.05) is 23.1 Å². The molecule has 0 aliphatic carbocycles. The van der Waals surface area contributed by atoms with Gasteiger partial charge >= 0.3 is 0 Å². The van der Waals surface area contributed by atoms with Gasteiger partial charge in [0.1, 0.15) is 5.88 Å². The summed E-state index contributed by atoms with van der Waals surface area (Å²) in [5, 5.41) is 0. The maximum Gasteiger partial charge on any atom is 0.237 e. The Bertz CT molecular complexity index is 429. The lowest BCUT2D eigenvalue weighted by Crippen LogP contribution is -2.49. The first-order chi connectivity index (χ1) is 9.29. The van der Waals surface area contributed by atoms with Crippen LogP contribution >= 0.6 is 24.0 Å². The minimum absolute atomic E-state index is 0. The monoisotopic (exact) mass is 314 g/mol. The van der Waals surface area contributed by atoms with Gasteiger partial charge in [-0.1, -0.05) is 42.5 Å². The van der Waals surface area contributed by atoms with Crippen LogP contribution in [-0.4, -0.2) is 54.3 Å². The second kappa shape index (κ2) is 9.01. The van der Waals surface area contributed by atoms with Gasteiger partial charge in [0, 0.05) is 32.7 Å². The molecule has 1 aromatic carbocycles. The van der Waals surface area contributed by atoms with Crippen LogP contribution in [0, 0.1) is 0 Å². The highest BCUT2D eigenvalue weighted by atomic mass is 35.5. The molecule has 0 unspecified atom stereocenters. The summed E-state index contributed by atoms with van der Waals surface area (Å²) in [4.78, 5) is 15.6. The van der Waals surface area contributed by atoms with Crippen molar-refractivity contribution in [2.75, 3.05) is 38.6 Å². The predicted molar refractivity (Wildman–Crippen MR) is 86.5 cm³/mol. The van der Waals surface area contributed by atoms with E-state index in [1.54, 1.807) is 0 Å². The molecule has 1 heterocycles. The van der Waals surface area contributed by atoms with E-state index in [0.717, 1.165) is 32.7 Å². The van der Waals surface area contributed by atoms with Crippen molar-refractivity contribution in [3.63, 3.8) is 0 Å². The molecule has 0 saturated carbocycles. The number of amides is 1. The molecule has 0 N–H and O–H groups in total. The van der Waals surface area contributed by atoms with Crippen LogP contribution in [0.5, 0.6) is 0 Å². The molecule has 1 aliphatic rings. The first-order valence-corrected chi connectivity index (χ1v) is 7.11. The van der Waals surface area contributed by atoms with Crippen LogP contribution in [0.25, 0.3) is 6.08 Å². The van der Waals surface area contributed by atoms with E-state index in [2.05, 4.69) is 29.2 Å². The van der Waals surface area contributed by atoms with Crippen molar-refractivity contribution in [1.82, 2.24) is 9.80 Å². The molecule has 1 aromatic rings. The van der Waals surface area contributed by atoms with E-state index in [4.69, 9.17) is 11.6 Å². The Morgan fingerprint density at radius 2 is 1.80 bits per heavy atom.